The molecule has 0 aliphatic rings. The summed E-state index contributed by atoms with van der Waals surface area (Å²) in [7, 11) is 6.13. The van der Waals surface area contributed by atoms with Crippen LogP contribution in [0.2, 0.25) is 0 Å². The third-order valence-corrected chi connectivity index (χ3v) is 7.82. The summed E-state index contributed by atoms with van der Waals surface area (Å²) in [6, 6.07) is 24.7. The van der Waals surface area contributed by atoms with Crippen molar-refractivity contribution in [3.8, 4) is 57.2 Å². The highest BCUT2D eigenvalue weighted by Gasteiger charge is 2.25. The van der Waals surface area contributed by atoms with E-state index in [2.05, 4.69) is 16.0 Å². The lowest BCUT2D eigenvalue weighted by atomic mass is 9.87. The second-order valence-electron chi connectivity index (χ2n) is 10.6. The van der Waals surface area contributed by atoms with Crippen LogP contribution in [0.15, 0.2) is 87.7 Å². The molecule has 0 atom stereocenters. The summed E-state index contributed by atoms with van der Waals surface area (Å²) >= 11 is 0. The van der Waals surface area contributed by atoms with E-state index < -0.39 is 28.5 Å². The smallest absolute Gasteiger partial charge is 0.205 e. The molecule has 0 unspecified atom stereocenters. The number of benzene rings is 5. The van der Waals surface area contributed by atoms with Gasteiger partial charge in [0.15, 0.2) is 29.0 Å². The number of hydrogen-bond donors (Lipinski definition) is 4. The van der Waals surface area contributed by atoms with Gasteiger partial charge in [-0.3, -0.25) is 0 Å². The molecular formula is C34H20BN3O6. The topological polar surface area (TPSA) is 146 Å². The van der Waals surface area contributed by atoms with Gasteiger partial charge in [-0.2, -0.15) is 0 Å². The number of aromatic nitrogens is 3. The first-order valence-corrected chi connectivity index (χ1v) is 13.6. The number of phenols is 4. The summed E-state index contributed by atoms with van der Waals surface area (Å²) in [5.74, 6) is -3.25. The van der Waals surface area contributed by atoms with Crippen molar-refractivity contribution in [1.82, 2.24) is 15.0 Å². The summed E-state index contributed by atoms with van der Waals surface area (Å²) in [6.07, 6.45) is 0. The van der Waals surface area contributed by atoms with Gasteiger partial charge < -0.3 is 29.3 Å². The van der Waals surface area contributed by atoms with E-state index in [-0.39, 0.29) is 23.0 Å². The SMILES string of the molecule is [B]c1c(O)c(O)c(O)c(O)c1-c1nc(-c2ccc3c(c2)oc2ccc(C)cc23)nc(-c2cccc3oc4ccccc4c23)n1. The van der Waals surface area contributed by atoms with Crippen molar-refractivity contribution >= 4 is 57.2 Å². The van der Waals surface area contributed by atoms with Crippen molar-refractivity contribution in [3.63, 3.8) is 0 Å². The van der Waals surface area contributed by atoms with Crippen LogP contribution in [0.4, 0.5) is 0 Å². The molecule has 0 bridgehead atoms. The lowest BCUT2D eigenvalue weighted by Gasteiger charge is -2.15. The second-order valence-corrected chi connectivity index (χ2v) is 10.6. The van der Waals surface area contributed by atoms with Gasteiger partial charge in [0.1, 0.15) is 30.2 Å². The summed E-state index contributed by atoms with van der Waals surface area (Å²) in [5.41, 5.74) is 4.27. The standard InChI is InChI=1S/C34H20BN3O6/c1-15-9-12-22-20(13-15)17-11-10-16(14-24(17)44-22)32-36-33(19-6-4-8-23-25(19)18-5-2-3-7-21(18)43-23)38-34(37-32)26-27(35)29(40)31(42)30(41)28(26)39/h2-14,39-42H,1H3. The van der Waals surface area contributed by atoms with Crippen LogP contribution in [0.1, 0.15) is 5.56 Å². The van der Waals surface area contributed by atoms with E-state index in [9.17, 15) is 20.4 Å². The van der Waals surface area contributed by atoms with Gasteiger partial charge in [-0.15, -0.1) is 0 Å². The molecule has 0 spiro atoms. The van der Waals surface area contributed by atoms with E-state index in [0.29, 0.717) is 27.9 Å². The molecule has 0 aliphatic carbocycles. The molecule has 8 aromatic rings. The molecule has 0 aliphatic heterocycles. The zero-order chi connectivity index (χ0) is 30.3. The number of hydrogen-bond acceptors (Lipinski definition) is 9. The van der Waals surface area contributed by atoms with E-state index in [0.717, 1.165) is 32.7 Å². The van der Waals surface area contributed by atoms with Crippen molar-refractivity contribution in [2.75, 3.05) is 0 Å². The van der Waals surface area contributed by atoms with Crippen molar-refractivity contribution in [1.29, 1.82) is 0 Å². The van der Waals surface area contributed by atoms with Gasteiger partial charge in [-0.25, -0.2) is 15.0 Å². The van der Waals surface area contributed by atoms with Gasteiger partial charge >= 0.3 is 0 Å². The molecule has 3 aromatic heterocycles. The number of aromatic hydroxyl groups is 4. The van der Waals surface area contributed by atoms with E-state index in [4.69, 9.17) is 21.7 Å². The Bertz CT molecular complexity index is 2450. The van der Waals surface area contributed by atoms with Crippen LogP contribution in [0, 0.1) is 6.92 Å². The maximum absolute atomic E-state index is 10.9. The number of phenolic OH excluding ortho intramolecular Hbond substituents is 4. The molecular weight excluding hydrogens is 557 g/mol. The maximum atomic E-state index is 10.9. The largest absolute Gasteiger partial charge is 0.505 e. The third kappa shape index (κ3) is 3.71. The van der Waals surface area contributed by atoms with Gasteiger partial charge in [-0.05, 0) is 48.8 Å². The first-order valence-electron chi connectivity index (χ1n) is 13.6. The molecule has 0 fully saturated rings. The predicted octanol–water partition coefficient (Wildman–Crippen LogP) is 6.60. The first kappa shape index (κ1) is 25.7. The molecule has 4 N–H and O–H groups in total. The van der Waals surface area contributed by atoms with Gasteiger partial charge in [0.25, 0.3) is 0 Å². The summed E-state index contributed by atoms with van der Waals surface area (Å²) in [4.78, 5) is 14.1. The first-order chi connectivity index (χ1) is 21.3. The lowest BCUT2D eigenvalue weighted by molar-refractivity contribution is 0.348. The van der Waals surface area contributed by atoms with Gasteiger partial charge in [-0.1, -0.05) is 48.0 Å². The Morgan fingerprint density at radius 1 is 0.568 bits per heavy atom. The van der Waals surface area contributed by atoms with E-state index in [1.54, 1.807) is 0 Å². The minimum Gasteiger partial charge on any atom is -0.505 e. The highest BCUT2D eigenvalue weighted by molar-refractivity contribution is 6.38. The number of para-hydroxylation sites is 1. The van der Waals surface area contributed by atoms with Crippen molar-refractivity contribution in [2.24, 2.45) is 0 Å². The highest BCUT2D eigenvalue weighted by Crippen LogP contribution is 2.46. The molecule has 44 heavy (non-hydrogen) atoms. The Morgan fingerprint density at radius 3 is 2.14 bits per heavy atom. The Labute approximate surface area is 249 Å². The fourth-order valence-corrected chi connectivity index (χ4v) is 5.67. The molecule has 10 heteroatoms. The minimum atomic E-state index is -0.961. The van der Waals surface area contributed by atoms with Crippen LogP contribution in [0.25, 0.3) is 78.0 Å². The van der Waals surface area contributed by atoms with Gasteiger partial charge in [0.2, 0.25) is 11.5 Å². The molecule has 5 aromatic carbocycles. The zero-order valence-corrected chi connectivity index (χ0v) is 23.0. The molecule has 0 amide bonds. The molecule has 8 rings (SSSR count). The van der Waals surface area contributed by atoms with Crippen LogP contribution in [-0.4, -0.2) is 43.2 Å². The number of furan rings is 2. The molecule has 2 radical (unpaired) electrons. The third-order valence-electron chi connectivity index (χ3n) is 7.82. The number of aryl methyl sites for hydroxylation is 1. The summed E-state index contributed by atoms with van der Waals surface area (Å²) < 4.78 is 12.2. The Balaban J connectivity index is 1.43. The summed E-state index contributed by atoms with van der Waals surface area (Å²) in [6.45, 7) is 2.02. The van der Waals surface area contributed by atoms with Crippen LogP contribution >= 0.6 is 0 Å². The van der Waals surface area contributed by atoms with Crippen molar-refractivity contribution < 1.29 is 29.3 Å². The maximum Gasteiger partial charge on any atom is 0.205 e. The molecule has 0 saturated carbocycles. The number of fused-ring (bicyclic) bond motifs is 6. The quantitative estimate of drug-likeness (QED) is 0.104. The highest BCUT2D eigenvalue weighted by atomic mass is 16.3. The monoisotopic (exact) mass is 577 g/mol. The zero-order valence-electron chi connectivity index (χ0n) is 23.0. The van der Waals surface area contributed by atoms with Gasteiger partial charge in [0, 0.05) is 32.7 Å². The molecule has 3 heterocycles. The number of nitrogens with zero attached hydrogens (tertiary/aromatic N) is 3. The van der Waals surface area contributed by atoms with E-state index in [1.807, 2.05) is 79.7 Å². The molecule has 210 valence electrons. The number of rotatable bonds is 3. The van der Waals surface area contributed by atoms with Crippen LogP contribution in [0.5, 0.6) is 23.0 Å². The summed E-state index contributed by atoms with van der Waals surface area (Å²) in [5, 5.41) is 45.2. The second kappa shape index (κ2) is 9.24. The molecule has 0 saturated heterocycles. The fourth-order valence-electron chi connectivity index (χ4n) is 5.67. The average Bonchev–Trinajstić information content (AvgIpc) is 3.60. The van der Waals surface area contributed by atoms with E-state index in [1.165, 1.54) is 0 Å². The Morgan fingerprint density at radius 2 is 1.27 bits per heavy atom. The minimum absolute atomic E-state index is 0.143. The predicted molar refractivity (Wildman–Crippen MR) is 167 cm³/mol. The van der Waals surface area contributed by atoms with Crippen LogP contribution in [0.3, 0.4) is 0 Å². The van der Waals surface area contributed by atoms with Crippen molar-refractivity contribution in [2.45, 2.75) is 6.92 Å². The average molecular weight is 577 g/mol. The normalized spacial score (nSPS) is 11.8. The fraction of sp³-hybridized carbons (Fsp3) is 0.0294. The Hall–Kier alpha value is -6.03. The van der Waals surface area contributed by atoms with E-state index >= 15 is 0 Å². The van der Waals surface area contributed by atoms with Crippen LogP contribution in [-0.2, 0) is 0 Å². The van der Waals surface area contributed by atoms with Gasteiger partial charge in [0.05, 0.1) is 5.56 Å². The van der Waals surface area contributed by atoms with Crippen molar-refractivity contribution in [3.05, 3.63) is 84.4 Å². The molecule has 9 nitrogen and oxygen atoms in total. The lowest BCUT2D eigenvalue weighted by Crippen LogP contribution is -2.11. The van der Waals surface area contributed by atoms with Crippen LogP contribution < -0.4 is 5.46 Å². The Kier molecular flexibility index (Phi) is 5.39.